The number of rotatable bonds is 6. The van der Waals surface area contributed by atoms with Gasteiger partial charge in [-0.15, -0.1) is 10.2 Å². The Kier molecular flexibility index (Phi) is 5.17. The maximum atomic E-state index is 12.1. The molecule has 0 spiro atoms. The molecule has 2 aromatic carbocycles. The van der Waals surface area contributed by atoms with Crippen LogP contribution in [-0.4, -0.2) is 14.8 Å². The molecule has 4 aromatic rings. The van der Waals surface area contributed by atoms with Crippen LogP contribution >= 0.6 is 11.8 Å². The van der Waals surface area contributed by atoms with Crippen LogP contribution in [-0.2, 0) is 31.6 Å². The Balaban J connectivity index is 1.42. The summed E-state index contributed by atoms with van der Waals surface area (Å²) in [5, 5.41) is 10.8. The minimum absolute atomic E-state index is 0.294. The first-order valence-corrected chi connectivity index (χ1v) is 11.4. The van der Waals surface area contributed by atoms with Crippen molar-refractivity contribution in [2.24, 2.45) is 0 Å². The SMILES string of the molecule is CCn1c(Cc2ccccc2)nnc1SCc1cc(=O)oc2cc3c(cc12)CCC3. The molecule has 5 nitrogen and oxygen atoms in total. The molecule has 0 saturated heterocycles. The third kappa shape index (κ3) is 3.67. The molecule has 0 amide bonds. The zero-order valence-corrected chi connectivity index (χ0v) is 17.7. The summed E-state index contributed by atoms with van der Waals surface area (Å²) in [6.45, 7) is 2.92. The Bertz CT molecular complexity index is 1260. The number of benzene rings is 2. The minimum Gasteiger partial charge on any atom is -0.423 e. The first-order valence-electron chi connectivity index (χ1n) is 10.4. The number of thioether (sulfide) groups is 1. The van der Waals surface area contributed by atoms with Gasteiger partial charge in [-0.25, -0.2) is 4.79 Å². The highest BCUT2D eigenvalue weighted by molar-refractivity contribution is 7.98. The van der Waals surface area contributed by atoms with Crippen LogP contribution in [0.25, 0.3) is 11.0 Å². The number of nitrogens with zero attached hydrogens (tertiary/aromatic N) is 3. The van der Waals surface area contributed by atoms with Crippen LogP contribution in [0.4, 0.5) is 0 Å². The van der Waals surface area contributed by atoms with Crippen molar-refractivity contribution < 1.29 is 4.42 Å². The quantitative estimate of drug-likeness (QED) is 0.334. The lowest BCUT2D eigenvalue weighted by Gasteiger charge is -2.09. The normalized spacial score (nSPS) is 13.1. The highest BCUT2D eigenvalue weighted by Crippen LogP contribution is 2.31. The van der Waals surface area contributed by atoms with Crippen LogP contribution < -0.4 is 5.63 Å². The number of aromatic nitrogens is 3. The van der Waals surface area contributed by atoms with Crippen LogP contribution in [0.15, 0.2) is 62.9 Å². The summed E-state index contributed by atoms with van der Waals surface area (Å²) >= 11 is 1.62. The van der Waals surface area contributed by atoms with Gasteiger partial charge in [0.2, 0.25) is 0 Å². The number of hydrogen-bond acceptors (Lipinski definition) is 5. The van der Waals surface area contributed by atoms with E-state index in [1.54, 1.807) is 17.8 Å². The van der Waals surface area contributed by atoms with Crippen molar-refractivity contribution in [3.63, 3.8) is 0 Å². The fourth-order valence-corrected chi connectivity index (χ4v) is 5.22. The monoisotopic (exact) mass is 417 g/mol. The van der Waals surface area contributed by atoms with Gasteiger partial charge in [-0.05, 0) is 60.6 Å². The van der Waals surface area contributed by atoms with Gasteiger partial charge in [0.15, 0.2) is 5.16 Å². The van der Waals surface area contributed by atoms with Crippen molar-refractivity contribution in [3.8, 4) is 0 Å². The number of hydrogen-bond donors (Lipinski definition) is 0. The molecule has 2 aromatic heterocycles. The Morgan fingerprint density at radius 2 is 1.87 bits per heavy atom. The molecule has 0 saturated carbocycles. The maximum Gasteiger partial charge on any atom is 0.336 e. The van der Waals surface area contributed by atoms with Gasteiger partial charge < -0.3 is 8.98 Å². The third-order valence-electron chi connectivity index (χ3n) is 5.71. The first kappa shape index (κ1) is 19.1. The van der Waals surface area contributed by atoms with Gasteiger partial charge in [-0.3, -0.25) is 0 Å². The molecule has 1 aliphatic carbocycles. The second kappa shape index (κ2) is 8.11. The van der Waals surface area contributed by atoms with Crippen molar-refractivity contribution in [3.05, 3.63) is 87.0 Å². The van der Waals surface area contributed by atoms with E-state index >= 15 is 0 Å². The van der Waals surface area contributed by atoms with E-state index in [9.17, 15) is 4.79 Å². The van der Waals surface area contributed by atoms with E-state index in [0.29, 0.717) is 11.3 Å². The lowest BCUT2D eigenvalue weighted by atomic mass is 10.0. The summed E-state index contributed by atoms with van der Waals surface area (Å²) in [6, 6.07) is 16.2. The van der Waals surface area contributed by atoms with Crippen LogP contribution in [0.2, 0.25) is 0 Å². The third-order valence-corrected chi connectivity index (χ3v) is 6.73. The van der Waals surface area contributed by atoms with E-state index in [2.05, 4.69) is 46.0 Å². The molecule has 2 heterocycles. The second-order valence-corrected chi connectivity index (χ2v) is 8.60. The molecule has 0 aliphatic heterocycles. The Hall–Kier alpha value is -2.86. The van der Waals surface area contributed by atoms with Gasteiger partial charge in [0.25, 0.3) is 0 Å². The highest BCUT2D eigenvalue weighted by Gasteiger charge is 2.17. The van der Waals surface area contributed by atoms with Crippen LogP contribution in [0.1, 0.15) is 41.4 Å². The molecule has 0 bridgehead atoms. The standard InChI is InChI=1S/C24H23N3O2S/c1-2-27-22(11-16-7-4-3-5-8-16)25-26-24(27)30-15-19-14-23(28)29-21-13-18-10-6-9-17(18)12-20(19)21/h3-5,7-8,12-14H,2,6,9-11,15H2,1H3. The lowest BCUT2D eigenvalue weighted by Crippen LogP contribution is -2.05. The van der Waals surface area contributed by atoms with E-state index in [0.717, 1.165) is 47.7 Å². The van der Waals surface area contributed by atoms with Gasteiger partial charge >= 0.3 is 5.63 Å². The van der Waals surface area contributed by atoms with Crippen LogP contribution in [0.5, 0.6) is 0 Å². The van der Waals surface area contributed by atoms with Crippen molar-refractivity contribution in [2.45, 2.75) is 50.1 Å². The summed E-state index contributed by atoms with van der Waals surface area (Å²) in [6.07, 6.45) is 4.09. The maximum absolute atomic E-state index is 12.1. The Morgan fingerprint density at radius 1 is 1.07 bits per heavy atom. The Morgan fingerprint density at radius 3 is 2.67 bits per heavy atom. The van der Waals surface area contributed by atoms with E-state index < -0.39 is 0 Å². The van der Waals surface area contributed by atoms with Gasteiger partial charge in [0.05, 0.1) is 0 Å². The van der Waals surface area contributed by atoms with Gasteiger partial charge in [-0.2, -0.15) is 0 Å². The lowest BCUT2D eigenvalue weighted by molar-refractivity contribution is 0.559. The van der Waals surface area contributed by atoms with E-state index in [1.165, 1.54) is 23.1 Å². The predicted molar refractivity (Wildman–Crippen MR) is 119 cm³/mol. The molecule has 1 aliphatic rings. The summed E-state index contributed by atoms with van der Waals surface area (Å²) in [7, 11) is 0. The molecule has 0 fully saturated rings. The van der Waals surface area contributed by atoms with Crippen molar-refractivity contribution in [1.82, 2.24) is 14.8 Å². The van der Waals surface area contributed by atoms with Crippen molar-refractivity contribution in [2.75, 3.05) is 0 Å². The van der Waals surface area contributed by atoms with Crippen molar-refractivity contribution in [1.29, 1.82) is 0 Å². The molecule has 152 valence electrons. The molecule has 0 atom stereocenters. The van der Waals surface area contributed by atoms with Crippen LogP contribution in [0.3, 0.4) is 0 Å². The number of aryl methyl sites for hydroxylation is 2. The van der Waals surface area contributed by atoms with E-state index in [1.807, 2.05) is 18.2 Å². The zero-order valence-electron chi connectivity index (χ0n) is 16.9. The number of fused-ring (bicyclic) bond motifs is 2. The smallest absolute Gasteiger partial charge is 0.336 e. The summed E-state index contributed by atoms with van der Waals surface area (Å²) in [5.74, 6) is 1.62. The van der Waals surface area contributed by atoms with Gasteiger partial charge in [-0.1, -0.05) is 42.1 Å². The largest absolute Gasteiger partial charge is 0.423 e. The fraction of sp³-hybridized carbons (Fsp3) is 0.292. The molecule has 0 unspecified atom stereocenters. The van der Waals surface area contributed by atoms with Crippen molar-refractivity contribution >= 4 is 22.7 Å². The summed E-state index contributed by atoms with van der Waals surface area (Å²) < 4.78 is 7.65. The average molecular weight is 418 g/mol. The van der Waals surface area contributed by atoms with Crippen LogP contribution in [0, 0.1) is 0 Å². The molecular formula is C24H23N3O2S. The molecule has 6 heteroatoms. The minimum atomic E-state index is -0.294. The summed E-state index contributed by atoms with van der Waals surface area (Å²) in [5.41, 5.74) is 5.31. The fourth-order valence-electron chi connectivity index (χ4n) is 4.21. The second-order valence-electron chi connectivity index (χ2n) is 7.66. The predicted octanol–water partition coefficient (Wildman–Crippen LogP) is 4.78. The van der Waals surface area contributed by atoms with E-state index in [-0.39, 0.29) is 5.63 Å². The Labute approximate surface area is 179 Å². The molecule has 30 heavy (non-hydrogen) atoms. The average Bonchev–Trinajstić information content (AvgIpc) is 3.37. The topological polar surface area (TPSA) is 60.9 Å². The molecule has 5 rings (SSSR count). The molecule has 0 N–H and O–H groups in total. The highest BCUT2D eigenvalue weighted by atomic mass is 32.2. The van der Waals surface area contributed by atoms with Gasteiger partial charge in [0, 0.05) is 30.2 Å². The van der Waals surface area contributed by atoms with E-state index in [4.69, 9.17) is 4.42 Å². The molecule has 0 radical (unpaired) electrons. The summed E-state index contributed by atoms with van der Waals surface area (Å²) in [4.78, 5) is 12.1. The molecular weight excluding hydrogens is 394 g/mol. The van der Waals surface area contributed by atoms with Gasteiger partial charge in [0.1, 0.15) is 11.4 Å². The first-order chi connectivity index (χ1) is 14.7. The zero-order chi connectivity index (χ0) is 20.5.